The third kappa shape index (κ3) is 3.18. The number of benzene rings is 2. The van der Waals surface area contributed by atoms with Crippen LogP contribution in [0.1, 0.15) is 21.5 Å². The Morgan fingerprint density at radius 1 is 0.950 bits per heavy atom. The van der Waals surface area contributed by atoms with Gasteiger partial charge in [-0.15, -0.1) is 0 Å². The molecule has 3 heteroatoms. The van der Waals surface area contributed by atoms with Crippen LogP contribution in [0.4, 0.5) is 0 Å². The van der Waals surface area contributed by atoms with Crippen molar-refractivity contribution in [2.75, 3.05) is 14.2 Å². The van der Waals surface area contributed by atoms with E-state index in [-0.39, 0.29) is 5.97 Å². The second-order valence-corrected chi connectivity index (χ2v) is 4.02. The first-order chi connectivity index (χ1) is 9.74. The molecule has 0 aliphatic rings. The van der Waals surface area contributed by atoms with Gasteiger partial charge in [0.1, 0.15) is 5.75 Å². The minimum Gasteiger partial charge on any atom is -0.495 e. The average molecular weight is 266 g/mol. The van der Waals surface area contributed by atoms with E-state index in [1.807, 2.05) is 24.3 Å². The zero-order valence-corrected chi connectivity index (χ0v) is 11.3. The van der Waals surface area contributed by atoms with Gasteiger partial charge in [0.2, 0.25) is 0 Å². The normalized spacial score (nSPS) is 9.30. The highest BCUT2D eigenvalue weighted by atomic mass is 16.5. The van der Waals surface area contributed by atoms with Crippen molar-refractivity contribution < 1.29 is 14.3 Å². The molecule has 2 aromatic carbocycles. The van der Waals surface area contributed by atoms with E-state index in [9.17, 15) is 4.79 Å². The second-order valence-electron chi connectivity index (χ2n) is 4.02. The number of hydrogen-bond donors (Lipinski definition) is 0. The van der Waals surface area contributed by atoms with Gasteiger partial charge in [-0.3, -0.25) is 0 Å². The van der Waals surface area contributed by atoms with Gasteiger partial charge in [-0.2, -0.15) is 0 Å². The van der Waals surface area contributed by atoms with Gasteiger partial charge in [0, 0.05) is 5.56 Å². The first kappa shape index (κ1) is 13.7. The molecule has 2 rings (SSSR count). The van der Waals surface area contributed by atoms with Crippen LogP contribution in [0.25, 0.3) is 0 Å². The van der Waals surface area contributed by atoms with Crippen LogP contribution in [-0.2, 0) is 4.74 Å². The number of hydrogen-bond acceptors (Lipinski definition) is 3. The fourth-order valence-electron chi connectivity index (χ4n) is 1.69. The Hall–Kier alpha value is -2.73. The molecule has 0 bridgehead atoms. The maximum absolute atomic E-state index is 11.3. The second kappa shape index (κ2) is 6.44. The van der Waals surface area contributed by atoms with Crippen molar-refractivity contribution in [2.24, 2.45) is 0 Å². The molecule has 0 saturated heterocycles. The highest BCUT2D eigenvalue weighted by molar-refractivity contribution is 5.89. The van der Waals surface area contributed by atoms with Crippen molar-refractivity contribution in [3.05, 3.63) is 65.2 Å². The molecule has 100 valence electrons. The number of methoxy groups -OCH3 is 2. The van der Waals surface area contributed by atoms with Crippen LogP contribution in [0.3, 0.4) is 0 Å². The topological polar surface area (TPSA) is 35.5 Å². The SMILES string of the molecule is COC(=O)c1ccc(C#Cc2ccccc2OC)cc1. The molecular formula is C17H14O3. The molecule has 0 atom stereocenters. The minimum atomic E-state index is -0.353. The zero-order valence-electron chi connectivity index (χ0n) is 11.3. The van der Waals surface area contributed by atoms with Crippen molar-refractivity contribution >= 4 is 5.97 Å². The molecule has 3 nitrogen and oxygen atoms in total. The van der Waals surface area contributed by atoms with E-state index >= 15 is 0 Å². The summed E-state index contributed by atoms with van der Waals surface area (Å²) in [4.78, 5) is 11.3. The Balaban J connectivity index is 2.23. The Morgan fingerprint density at radius 3 is 2.30 bits per heavy atom. The van der Waals surface area contributed by atoms with Gasteiger partial charge in [0.25, 0.3) is 0 Å². The Bertz CT molecular complexity index is 661. The summed E-state index contributed by atoms with van der Waals surface area (Å²) in [7, 11) is 2.98. The van der Waals surface area contributed by atoms with Crippen molar-refractivity contribution in [1.82, 2.24) is 0 Å². The maximum atomic E-state index is 11.3. The third-order valence-electron chi connectivity index (χ3n) is 2.75. The number of rotatable bonds is 2. The summed E-state index contributed by atoms with van der Waals surface area (Å²) in [6.07, 6.45) is 0. The molecule has 0 N–H and O–H groups in total. The number of ether oxygens (including phenoxy) is 2. The van der Waals surface area contributed by atoms with E-state index in [1.54, 1.807) is 31.4 Å². The lowest BCUT2D eigenvalue weighted by molar-refractivity contribution is 0.0601. The minimum absolute atomic E-state index is 0.353. The lowest BCUT2D eigenvalue weighted by Gasteiger charge is -2.01. The number of carbonyl (C=O) groups excluding carboxylic acids is 1. The highest BCUT2D eigenvalue weighted by Gasteiger charge is 2.03. The standard InChI is InChI=1S/C17H14O3/c1-19-16-6-4-3-5-14(16)10-7-13-8-11-15(12-9-13)17(18)20-2/h3-6,8-9,11-12H,1-2H3. The molecule has 0 radical (unpaired) electrons. The summed E-state index contributed by atoms with van der Waals surface area (Å²) < 4.78 is 9.88. The molecule has 2 aromatic rings. The predicted octanol–water partition coefficient (Wildman–Crippen LogP) is 2.88. The largest absolute Gasteiger partial charge is 0.495 e. The van der Waals surface area contributed by atoms with Gasteiger partial charge < -0.3 is 9.47 Å². The molecule has 0 amide bonds. The van der Waals surface area contributed by atoms with Crippen LogP contribution in [0.2, 0.25) is 0 Å². The number of carbonyl (C=O) groups is 1. The van der Waals surface area contributed by atoms with Crippen molar-refractivity contribution in [3.63, 3.8) is 0 Å². The van der Waals surface area contributed by atoms with E-state index in [0.717, 1.165) is 16.9 Å². The Kier molecular flexibility index (Phi) is 4.41. The predicted molar refractivity (Wildman–Crippen MR) is 76.8 cm³/mol. The van der Waals surface area contributed by atoms with E-state index in [4.69, 9.17) is 4.74 Å². The molecule has 0 spiro atoms. The van der Waals surface area contributed by atoms with Crippen LogP contribution in [-0.4, -0.2) is 20.2 Å². The van der Waals surface area contributed by atoms with E-state index in [0.29, 0.717) is 5.56 Å². The van der Waals surface area contributed by atoms with Crippen LogP contribution < -0.4 is 4.74 Å². The van der Waals surface area contributed by atoms with Crippen LogP contribution in [0, 0.1) is 11.8 Å². The maximum Gasteiger partial charge on any atom is 0.337 e. The molecular weight excluding hydrogens is 252 g/mol. The van der Waals surface area contributed by atoms with Gasteiger partial charge in [-0.1, -0.05) is 24.0 Å². The summed E-state index contributed by atoms with van der Waals surface area (Å²) in [6.45, 7) is 0. The van der Waals surface area contributed by atoms with Crippen LogP contribution >= 0.6 is 0 Å². The summed E-state index contributed by atoms with van der Waals surface area (Å²) in [5.74, 6) is 6.48. The lowest BCUT2D eigenvalue weighted by Crippen LogP contribution is -2.00. The van der Waals surface area contributed by atoms with Crippen molar-refractivity contribution in [1.29, 1.82) is 0 Å². The smallest absolute Gasteiger partial charge is 0.337 e. The first-order valence-corrected chi connectivity index (χ1v) is 6.08. The molecule has 0 heterocycles. The van der Waals surface area contributed by atoms with E-state index in [2.05, 4.69) is 16.6 Å². The molecule has 0 aromatic heterocycles. The van der Waals surface area contributed by atoms with Crippen LogP contribution in [0.5, 0.6) is 5.75 Å². The summed E-state index contributed by atoms with van der Waals surface area (Å²) in [5, 5.41) is 0. The lowest BCUT2D eigenvalue weighted by atomic mass is 10.1. The number of para-hydroxylation sites is 1. The zero-order chi connectivity index (χ0) is 14.4. The Morgan fingerprint density at radius 2 is 1.65 bits per heavy atom. The van der Waals surface area contributed by atoms with E-state index in [1.165, 1.54) is 7.11 Å². The van der Waals surface area contributed by atoms with Gasteiger partial charge in [0.15, 0.2) is 0 Å². The van der Waals surface area contributed by atoms with Crippen LogP contribution in [0.15, 0.2) is 48.5 Å². The summed E-state index contributed by atoms with van der Waals surface area (Å²) in [6, 6.07) is 14.5. The summed E-state index contributed by atoms with van der Waals surface area (Å²) in [5.41, 5.74) is 2.16. The molecule has 20 heavy (non-hydrogen) atoms. The highest BCUT2D eigenvalue weighted by Crippen LogP contribution is 2.15. The van der Waals surface area contributed by atoms with Gasteiger partial charge in [0.05, 0.1) is 25.3 Å². The fourth-order valence-corrected chi connectivity index (χ4v) is 1.69. The van der Waals surface area contributed by atoms with Crippen molar-refractivity contribution in [3.8, 4) is 17.6 Å². The molecule has 0 unspecified atom stereocenters. The van der Waals surface area contributed by atoms with Gasteiger partial charge >= 0.3 is 5.97 Å². The van der Waals surface area contributed by atoms with Gasteiger partial charge in [-0.25, -0.2) is 4.79 Å². The van der Waals surface area contributed by atoms with E-state index < -0.39 is 0 Å². The first-order valence-electron chi connectivity index (χ1n) is 6.08. The number of esters is 1. The Labute approximate surface area is 118 Å². The third-order valence-corrected chi connectivity index (χ3v) is 2.75. The fraction of sp³-hybridized carbons (Fsp3) is 0.118. The molecule has 0 saturated carbocycles. The monoisotopic (exact) mass is 266 g/mol. The molecule has 0 aliphatic carbocycles. The molecule has 0 aliphatic heterocycles. The van der Waals surface area contributed by atoms with Crippen molar-refractivity contribution in [2.45, 2.75) is 0 Å². The van der Waals surface area contributed by atoms with Gasteiger partial charge in [-0.05, 0) is 36.4 Å². The molecule has 0 fully saturated rings. The summed E-state index contributed by atoms with van der Waals surface area (Å²) >= 11 is 0. The average Bonchev–Trinajstić information content (AvgIpc) is 2.53. The quantitative estimate of drug-likeness (QED) is 0.619.